The number of amides is 1. The fraction of sp³-hybridized carbons (Fsp3) is 0.0345. The van der Waals surface area contributed by atoms with Crippen LogP contribution in [0.2, 0.25) is 0 Å². The van der Waals surface area contributed by atoms with Crippen molar-refractivity contribution in [3.05, 3.63) is 96.1 Å². The number of imidazole rings is 1. The van der Waals surface area contributed by atoms with E-state index in [9.17, 15) is 4.79 Å². The van der Waals surface area contributed by atoms with Gasteiger partial charge in [0.05, 0.1) is 34.1 Å². The monoisotopic (exact) mass is 546 g/mol. The van der Waals surface area contributed by atoms with E-state index in [0.717, 1.165) is 21.7 Å². The highest BCUT2D eigenvalue weighted by Gasteiger charge is 2.22. The molecule has 9 nitrogen and oxygen atoms in total. The van der Waals surface area contributed by atoms with Crippen molar-refractivity contribution in [2.45, 2.75) is 6.42 Å². The number of rotatable bonds is 6. The number of thiophene rings is 1. The standard InChI is InChI=1S/C29H19FN8OS/c30-24-19(17-12-18(14-31-13-17)34-22(39)11-16-5-2-1-3-6-16)15-33-28-23(24)27(37-38-28)29-35-20-8-9-32-26(25(20)36-29)21-7-4-10-40-21/h1-10,12-15H,11H2,(H,34,39)(H,35,36)(H,33,37,38). The summed E-state index contributed by atoms with van der Waals surface area (Å²) < 4.78 is 16.1. The molecule has 1 amide bonds. The van der Waals surface area contributed by atoms with Crippen LogP contribution in [-0.4, -0.2) is 41.0 Å². The molecule has 194 valence electrons. The molecular formula is C29H19FN8OS. The molecule has 3 N–H and O–H groups in total. The van der Waals surface area contributed by atoms with Crippen LogP contribution in [0.4, 0.5) is 10.1 Å². The molecule has 0 aliphatic heterocycles. The molecule has 1 aromatic carbocycles. The Bertz CT molecular complexity index is 2000. The van der Waals surface area contributed by atoms with Crippen molar-refractivity contribution in [3.8, 4) is 33.2 Å². The predicted octanol–water partition coefficient (Wildman–Crippen LogP) is 6.01. The lowest BCUT2D eigenvalue weighted by Crippen LogP contribution is -2.14. The Morgan fingerprint density at radius 1 is 1.00 bits per heavy atom. The van der Waals surface area contributed by atoms with Gasteiger partial charge < -0.3 is 10.3 Å². The van der Waals surface area contributed by atoms with Gasteiger partial charge in [-0.25, -0.2) is 14.4 Å². The second-order valence-corrected chi connectivity index (χ2v) is 10.0. The van der Waals surface area contributed by atoms with E-state index in [0.29, 0.717) is 28.3 Å². The van der Waals surface area contributed by atoms with Crippen molar-refractivity contribution in [1.29, 1.82) is 0 Å². The lowest BCUT2D eigenvalue weighted by atomic mass is 10.1. The number of aromatic amines is 2. The maximum atomic E-state index is 16.1. The Hall–Kier alpha value is -5.29. The fourth-order valence-corrected chi connectivity index (χ4v) is 5.33. The smallest absolute Gasteiger partial charge is 0.228 e. The van der Waals surface area contributed by atoms with E-state index in [1.54, 1.807) is 23.6 Å². The number of nitrogens with one attached hydrogen (secondary N) is 3. The summed E-state index contributed by atoms with van der Waals surface area (Å²) in [7, 11) is 0. The van der Waals surface area contributed by atoms with Crippen molar-refractivity contribution in [1.82, 2.24) is 35.1 Å². The molecule has 6 aromatic heterocycles. The normalized spacial score (nSPS) is 11.3. The number of carbonyl (C=O) groups excluding carboxylic acids is 1. The van der Waals surface area contributed by atoms with E-state index < -0.39 is 5.82 Å². The van der Waals surface area contributed by atoms with Crippen molar-refractivity contribution in [2.24, 2.45) is 0 Å². The summed E-state index contributed by atoms with van der Waals surface area (Å²) in [5.41, 5.74) is 4.79. The Labute approximate surface area is 230 Å². The molecule has 0 aliphatic rings. The van der Waals surface area contributed by atoms with Gasteiger partial charge in [0, 0.05) is 29.7 Å². The fourth-order valence-electron chi connectivity index (χ4n) is 4.61. The van der Waals surface area contributed by atoms with Gasteiger partial charge in [0.2, 0.25) is 5.91 Å². The predicted molar refractivity (Wildman–Crippen MR) is 152 cm³/mol. The Kier molecular flexibility index (Phi) is 5.82. The number of benzene rings is 1. The minimum Gasteiger partial charge on any atom is -0.336 e. The highest BCUT2D eigenvalue weighted by atomic mass is 32.1. The maximum Gasteiger partial charge on any atom is 0.228 e. The molecule has 0 spiro atoms. The number of nitrogens with zero attached hydrogens (tertiary/aromatic N) is 5. The molecule has 11 heteroatoms. The third-order valence-corrected chi connectivity index (χ3v) is 7.32. The van der Waals surface area contributed by atoms with Crippen LogP contribution in [0.1, 0.15) is 5.56 Å². The number of fused-ring (bicyclic) bond motifs is 2. The minimum absolute atomic E-state index is 0.195. The molecule has 40 heavy (non-hydrogen) atoms. The number of carbonyl (C=O) groups is 1. The third kappa shape index (κ3) is 4.28. The van der Waals surface area contributed by atoms with Gasteiger partial charge in [0.25, 0.3) is 0 Å². The lowest BCUT2D eigenvalue weighted by Gasteiger charge is -2.08. The summed E-state index contributed by atoms with van der Waals surface area (Å²) in [6, 6.07) is 16.8. The molecule has 7 aromatic rings. The van der Waals surface area contributed by atoms with Crippen LogP contribution in [0.15, 0.2) is 84.8 Å². The molecule has 0 aliphatic carbocycles. The van der Waals surface area contributed by atoms with Gasteiger partial charge in [-0.2, -0.15) is 5.10 Å². The van der Waals surface area contributed by atoms with Crippen LogP contribution in [0.3, 0.4) is 0 Å². The third-order valence-electron chi connectivity index (χ3n) is 6.45. The second-order valence-electron chi connectivity index (χ2n) is 9.07. The van der Waals surface area contributed by atoms with E-state index in [1.165, 1.54) is 18.6 Å². The van der Waals surface area contributed by atoms with Gasteiger partial charge in [0.15, 0.2) is 11.5 Å². The van der Waals surface area contributed by atoms with Crippen LogP contribution < -0.4 is 5.32 Å². The Balaban J connectivity index is 1.24. The zero-order chi connectivity index (χ0) is 27.1. The number of pyridine rings is 3. The van der Waals surface area contributed by atoms with E-state index in [4.69, 9.17) is 4.98 Å². The zero-order valence-electron chi connectivity index (χ0n) is 20.7. The maximum absolute atomic E-state index is 16.1. The van der Waals surface area contributed by atoms with E-state index >= 15 is 4.39 Å². The molecule has 0 radical (unpaired) electrons. The van der Waals surface area contributed by atoms with Crippen molar-refractivity contribution >= 4 is 45.0 Å². The quantitative estimate of drug-likeness (QED) is 0.235. The molecule has 6 heterocycles. The molecule has 0 saturated heterocycles. The average Bonchev–Trinajstić information content (AvgIpc) is 3.73. The summed E-state index contributed by atoms with van der Waals surface area (Å²) in [6.07, 6.45) is 6.39. The Morgan fingerprint density at radius 3 is 2.75 bits per heavy atom. The van der Waals surface area contributed by atoms with Crippen molar-refractivity contribution < 1.29 is 9.18 Å². The number of hydrogen-bond donors (Lipinski definition) is 3. The van der Waals surface area contributed by atoms with Crippen LogP contribution in [0.25, 0.3) is 55.3 Å². The summed E-state index contributed by atoms with van der Waals surface area (Å²) in [6.45, 7) is 0. The van der Waals surface area contributed by atoms with Crippen LogP contribution in [-0.2, 0) is 11.2 Å². The first-order valence-electron chi connectivity index (χ1n) is 12.3. The molecule has 0 fully saturated rings. The molecule has 7 rings (SSSR count). The zero-order valence-corrected chi connectivity index (χ0v) is 21.5. The van der Waals surface area contributed by atoms with Gasteiger partial charge in [0.1, 0.15) is 22.7 Å². The van der Waals surface area contributed by atoms with Crippen molar-refractivity contribution in [3.63, 3.8) is 0 Å². The van der Waals surface area contributed by atoms with Crippen LogP contribution in [0, 0.1) is 5.82 Å². The molecule has 0 saturated carbocycles. The highest BCUT2D eigenvalue weighted by molar-refractivity contribution is 7.13. The topological polar surface area (TPSA) is 125 Å². The van der Waals surface area contributed by atoms with Crippen LogP contribution in [0.5, 0.6) is 0 Å². The Morgan fingerprint density at radius 2 is 1.90 bits per heavy atom. The lowest BCUT2D eigenvalue weighted by molar-refractivity contribution is -0.115. The average molecular weight is 547 g/mol. The number of hydrogen-bond acceptors (Lipinski definition) is 7. The first-order valence-corrected chi connectivity index (χ1v) is 13.2. The van der Waals surface area contributed by atoms with Gasteiger partial charge in [-0.15, -0.1) is 11.3 Å². The molecule has 0 bridgehead atoms. The van der Waals surface area contributed by atoms with Gasteiger partial charge >= 0.3 is 0 Å². The van der Waals surface area contributed by atoms with E-state index in [2.05, 4.69) is 35.5 Å². The SMILES string of the molecule is O=C(Cc1ccccc1)Nc1cncc(-c2cnc3[nH]nc(-c4nc5c(-c6cccs6)nccc5[nH]4)c3c2F)c1. The minimum atomic E-state index is -0.527. The summed E-state index contributed by atoms with van der Waals surface area (Å²) in [5, 5.41) is 12.2. The summed E-state index contributed by atoms with van der Waals surface area (Å²) in [4.78, 5) is 34.6. The first-order chi connectivity index (χ1) is 19.6. The molecule has 0 atom stereocenters. The molecular weight excluding hydrogens is 527 g/mol. The van der Waals surface area contributed by atoms with Crippen molar-refractivity contribution in [2.75, 3.05) is 5.32 Å². The van der Waals surface area contributed by atoms with Gasteiger partial charge in [-0.05, 0) is 29.1 Å². The largest absolute Gasteiger partial charge is 0.336 e. The van der Waals surface area contributed by atoms with E-state index in [1.807, 2.05) is 53.9 Å². The number of aromatic nitrogens is 7. The van der Waals surface area contributed by atoms with E-state index in [-0.39, 0.29) is 28.9 Å². The van der Waals surface area contributed by atoms with Gasteiger partial charge in [-0.3, -0.25) is 19.9 Å². The summed E-state index contributed by atoms with van der Waals surface area (Å²) >= 11 is 1.57. The second kappa shape index (κ2) is 9.79. The first kappa shape index (κ1) is 23.8. The number of H-pyrrole nitrogens is 2. The van der Waals surface area contributed by atoms with Crippen LogP contribution >= 0.6 is 11.3 Å². The summed E-state index contributed by atoms with van der Waals surface area (Å²) in [5.74, 6) is -0.331. The number of halogens is 1. The van der Waals surface area contributed by atoms with Gasteiger partial charge in [-0.1, -0.05) is 36.4 Å². The number of anilines is 1. The molecule has 0 unspecified atom stereocenters. The highest BCUT2D eigenvalue weighted by Crippen LogP contribution is 2.35.